The average molecular weight is 389 g/mol. The van der Waals surface area contributed by atoms with Crippen molar-refractivity contribution < 1.29 is 13.9 Å². The molecule has 0 saturated heterocycles. The van der Waals surface area contributed by atoms with E-state index in [4.69, 9.17) is 32.4 Å². The quantitative estimate of drug-likeness (QED) is 0.434. The minimum atomic E-state index is -0.675. The van der Waals surface area contributed by atoms with Crippen LogP contribution in [0.1, 0.15) is 24.5 Å². The Hall–Kier alpha value is -2.63. The summed E-state index contributed by atoms with van der Waals surface area (Å²) in [5.41, 5.74) is 1.53. The van der Waals surface area contributed by atoms with Crippen LogP contribution in [0.15, 0.2) is 59.0 Å². The fourth-order valence-corrected chi connectivity index (χ4v) is 2.45. The summed E-state index contributed by atoms with van der Waals surface area (Å²) in [5.74, 6) is 0.0537. The van der Waals surface area contributed by atoms with Crippen LogP contribution in [0.5, 0.6) is 0 Å². The Labute approximate surface area is 160 Å². The van der Waals surface area contributed by atoms with Crippen LogP contribution in [0.4, 0.5) is 0 Å². The highest BCUT2D eigenvalue weighted by molar-refractivity contribution is 6.42. The molecule has 0 aliphatic carbocycles. The molecule has 0 bridgehead atoms. The van der Waals surface area contributed by atoms with Gasteiger partial charge in [0.2, 0.25) is 5.89 Å². The largest absolute Gasteiger partial charge is 0.449 e. The molecule has 2 aromatic carbocycles. The van der Waals surface area contributed by atoms with Crippen molar-refractivity contribution in [1.29, 1.82) is 0 Å². The van der Waals surface area contributed by atoms with Gasteiger partial charge < -0.3 is 9.15 Å². The Balaban J connectivity index is 1.63. The summed E-state index contributed by atoms with van der Waals surface area (Å²) in [6, 6.07) is 14.4. The Morgan fingerprint density at radius 3 is 2.62 bits per heavy atom. The molecule has 0 fully saturated rings. The summed E-state index contributed by atoms with van der Waals surface area (Å²) < 4.78 is 10.8. The second kappa shape index (κ2) is 8.17. The van der Waals surface area contributed by atoms with E-state index in [1.165, 1.54) is 6.08 Å². The zero-order valence-corrected chi connectivity index (χ0v) is 15.2. The second-order valence-electron chi connectivity index (χ2n) is 5.40. The molecule has 1 heterocycles. The first kappa shape index (κ1) is 18.2. The zero-order chi connectivity index (χ0) is 18.5. The van der Waals surface area contributed by atoms with E-state index >= 15 is 0 Å². The van der Waals surface area contributed by atoms with Gasteiger partial charge in [0.1, 0.15) is 0 Å². The van der Waals surface area contributed by atoms with Gasteiger partial charge in [-0.1, -0.05) is 47.5 Å². The molecule has 0 radical (unpaired) electrons. The van der Waals surface area contributed by atoms with E-state index in [2.05, 4.69) is 10.2 Å². The van der Waals surface area contributed by atoms with Gasteiger partial charge in [-0.15, -0.1) is 10.2 Å². The summed E-state index contributed by atoms with van der Waals surface area (Å²) >= 11 is 11.8. The Morgan fingerprint density at radius 2 is 1.88 bits per heavy atom. The number of nitrogens with zero attached hydrogens (tertiary/aromatic N) is 2. The highest BCUT2D eigenvalue weighted by atomic mass is 35.5. The predicted octanol–water partition coefficient (Wildman–Crippen LogP) is 5.36. The number of aromatic nitrogens is 2. The molecule has 0 amide bonds. The number of ether oxygens (including phenoxy) is 1. The van der Waals surface area contributed by atoms with E-state index < -0.39 is 12.1 Å². The fourth-order valence-electron chi connectivity index (χ4n) is 2.14. The Kier molecular flexibility index (Phi) is 5.71. The molecular formula is C19H14Cl2N2O3. The lowest BCUT2D eigenvalue weighted by Crippen LogP contribution is -2.06. The number of hydrogen-bond donors (Lipinski definition) is 0. The van der Waals surface area contributed by atoms with Crippen molar-refractivity contribution in [1.82, 2.24) is 10.2 Å². The number of benzene rings is 2. The molecule has 26 heavy (non-hydrogen) atoms. The zero-order valence-electron chi connectivity index (χ0n) is 13.7. The Bertz CT molecular complexity index is 939. The van der Waals surface area contributed by atoms with Crippen molar-refractivity contribution in [2.45, 2.75) is 13.0 Å². The van der Waals surface area contributed by atoms with E-state index in [0.717, 1.165) is 11.1 Å². The highest BCUT2D eigenvalue weighted by Gasteiger charge is 2.17. The first-order valence-electron chi connectivity index (χ1n) is 7.75. The van der Waals surface area contributed by atoms with Crippen LogP contribution < -0.4 is 0 Å². The minimum absolute atomic E-state index is 0.222. The van der Waals surface area contributed by atoms with Crippen molar-refractivity contribution >= 4 is 35.2 Å². The van der Waals surface area contributed by atoms with Gasteiger partial charge in [-0.05, 0) is 42.8 Å². The van der Waals surface area contributed by atoms with E-state index in [-0.39, 0.29) is 5.89 Å². The SMILES string of the molecule is C[C@H](OC(=O)/C=C/c1ccc(Cl)c(Cl)c1)c1nnc(-c2ccccc2)o1. The normalized spacial score (nSPS) is 12.3. The summed E-state index contributed by atoms with van der Waals surface area (Å²) in [5, 5.41) is 8.77. The minimum Gasteiger partial charge on any atom is -0.449 e. The predicted molar refractivity (Wildman–Crippen MR) is 99.7 cm³/mol. The second-order valence-corrected chi connectivity index (χ2v) is 6.21. The van der Waals surface area contributed by atoms with Gasteiger partial charge in [-0.25, -0.2) is 4.79 Å². The van der Waals surface area contributed by atoms with Gasteiger partial charge in [0.15, 0.2) is 6.10 Å². The topological polar surface area (TPSA) is 65.2 Å². The molecule has 1 atom stereocenters. The molecular weight excluding hydrogens is 375 g/mol. The van der Waals surface area contributed by atoms with Gasteiger partial charge in [0.05, 0.1) is 10.0 Å². The number of carbonyl (C=O) groups is 1. The summed E-state index contributed by atoms with van der Waals surface area (Å²) in [4.78, 5) is 12.0. The van der Waals surface area contributed by atoms with Crippen molar-refractivity contribution in [3.63, 3.8) is 0 Å². The fraction of sp³-hybridized carbons (Fsp3) is 0.105. The van der Waals surface area contributed by atoms with Gasteiger partial charge in [-0.3, -0.25) is 0 Å². The molecule has 7 heteroatoms. The lowest BCUT2D eigenvalue weighted by Gasteiger charge is -2.06. The molecule has 0 aliphatic heterocycles. The highest BCUT2D eigenvalue weighted by Crippen LogP contribution is 2.24. The summed E-state index contributed by atoms with van der Waals surface area (Å²) in [7, 11) is 0. The molecule has 0 aliphatic rings. The Morgan fingerprint density at radius 1 is 1.12 bits per heavy atom. The van der Waals surface area contributed by atoms with E-state index in [1.54, 1.807) is 31.2 Å². The maximum Gasteiger partial charge on any atom is 0.331 e. The first-order chi connectivity index (χ1) is 12.5. The number of rotatable bonds is 5. The van der Waals surface area contributed by atoms with Crippen molar-refractivity contribution in [3.8, 4) is 11.5 Å². The molecule has 0 N–H and O–H groups in total. The molecule has 132 valence electrons. The van der Waals surface area contributed by atoms with E-state index in [1.807, 2.05) is 30.3 Å². The molecule has 3 rings (SSSR count). The third-order valence-electron chi connectivity index (χ3n) is 3.46. The van der Waals surface area contributed by atoms with E-state index in [0.29, 0.717) is 15.9 Å². The van der Waals surface area contributed by atoms with Crippen LogP contribution in [-0.2, 0) is 9.53 Å². The van der Waals surface area contributed by atoms with Crippen LogP contribution >= 0.6 is 23.2 Å². The van der Waals surface area contributed by atoms with E-state index in [9.17, 15) is 4.79 Å². The molecule has 0 spiro atoms. The lowest BCUT2D eigenvalue weighted by molar-refractivity contribution is -0.143. The first-order valence-corrected chi connectivity index (χ1v) is 8.51. The molecule has 0 saturated carbocycles. The number of esters is 1. The molecule has 0 unspecified atom stereocenters. The van der Waals surface area contributed by atoms with Gasteiger partial charge >= 0.3 is 5.97 Å². The summed E-state index contributed by atoms with van der Waals surface area (Å²) in [6.07, 6.45) is 2.20. The smallest absolute Gasteiger partial charge is 0.331 e. The van der Waals surface area contributed by atoms with Crippen molar-refractivity contribution in [2.24, 2.45) is 0 Å². The van der Waals surface area contributed by atoms with Crippen LogP contribution in [0.2, 0.25) is 10.0 Å². The number of carbonyl (C=O) groups excluding carboxylic acids is 1. The maximum atomic E-state index is 12.0. The number of hydrogen-bond acceptors (Lipinski definition) is 5. The molecule has 1 aromatic heterocycles. The van der Waals surface area contributed by atoms with Gasteiger partial charge in [0, 0.05) is 11.6 Å². The van der Waals surface area contributed by atoms with Crippen LogP contribution in [-0.4, -0.2) is 16.2 Å². The molecule has 3 aromatic rings. The molecule has 5 nitrogen and oxygen atoms in total. The van der Waals surface area contributed by atoms with Crippen molar-refractivity contribution in [3.05, 3.63) is 76.1 Å². The number of halogens is 2. The van der Waals surface area contributed by atoms with Gasteiger partial charge in [-0.2, -0.15) is 0 Å². The van der Waals surface area contributed by atoms with Crippen LogP contribution in [0.3, 0.4) is 0 Å². The van der Waals surface area contributed by atoms with Gasteiger partial charge in [0.25, 0.3) is 5.89 Å². The third kappa shape index (κ3) is 4.50. The average Bonchev–Trinajstić information content (AvgIpc) is 3.14. The lowest BCUT2D eigenvalue weighted by atomic mass is 10.2. The maximum absolute atomic E-state index is 12.0. The monoisotopic (exact) mass is 388 g/mol. The van der Waals surface area contributed by atoms with Crippen molar-refractivity contribution in [2.75, 3.05) is 0 Å². The summed E-state index contributed by atoms with van der Waals surface area (Å²) in [6.45, 7) is 1.66. The third-order valence-corrected chi connectivity index (χ3v) is 4.20. The van der Waals surface area contributed by atoms with Crippen LogP contribution in [0, 0.1) is 0 Å². The van der Waals surface area contributed by atoms with Crippen LogP contribution in [0.25, 0.3) is 17.5 Å². The standard InChI is InChI=1S/C19H14Cl2N2O3/c1-12(18-22-23-19(26-18)14-5-3-2-4-6-14)25-17(24)10-8-13-7-9-15(20)16(21)11-13/h2-12H,1H3/b10-8+/t12-/m0/s1.